The van der Waals surface area contributed by atoms with E-state index in [4.69, 9.17) is 5.73 Å². The minimum absolute atomic E-state index is 0.0793. The summed E-state index contributed by atoms with van der Waals surface area (Å²) in [6.45, 7) is 0. The molecule has 0 aliphatic heterocycles. The highest BCUT2D eigenvalue weighted by molar-refractivity contribution is 7.17. The van der Waals surface area contributed by atoms with E-state index in [-0.39, 0.29) is 11.3 Å². The maximum Gasteiger partial charge on any atom is 0.167 e. The van der Waals surface area contributed by atoms with E-state index in [2.05, 4.69) is 0 Å². The smallest absolute Gasteiger partial charge is 0.167 e. The Morgan fingerprint density at radius 2 is 2.00 bits per heavy atom. The molecule has 2 nitrogen and oxygen atoms in total. The lowest BCUT2D eigenvalue weighted by Gasteiger charge is -2.02. The van der Waals surface area contributed by atoms with Crippen LogP contribution in [0.4, 0.5) is 14.5 Å². The third-order valence-corrected chi connectivity index (χ3v) is 3.10. The molecule has 1 aromatic carbocycles. The van der Waals surface area contributed by atoms with Crippen molar-refractivity contribution in [1.82, 2.24) is 0 Å². The fraction of sp³-hybridized carbons (Fsp3) is 0. The summed E-state index contributed by atoms with van der Waals surface area (Å²) in [6, 6.07) is 5.38. The minimum Gasteiger partial charge on any atom is -0.399 e. The first-order chi connectivity index (χ1) is 7.61. The van der Waals surface area contributed by atoms with Crippen molar-refractivity contribution >= 4 is 23.3 Å². The summed E-state index contributed by atoms with van der Waals surface area (Å²) >= 11 is 1.09. The average Bonchev–Trinajstić information content (AvgIpc) is 2.71. The molecule has 0 atom stereocenters. The van der Waals surface area contributed by atoms with Gasteiger partial charge in [0.05, 0.1) is 4.88 Å². The van der Waals surface area contributed by atoms with Crippen molar-refractivity contribution in [2.24, 2.45) is 0 Å². The quantitative estimate of drug-likeness (QED) is 0.646. The van der Waals surface area contributed by atoms with Crippen molar-refractivity contribution in [2.75, 3.05) is 5.73 Å². The van der Waals surface area contributed by atoms with E-state index in [1.54, 1.807) is 12.1 Å². The zero-order valence-electron chi connectivity index (χ0n) is 8.04. The molecule has 82 valence electrons. The maximum absolute atomic E-state index is 13.5. The Morgan fingerprint density at radius 1 is 1.25 bits per heavy atom. The number of hydrogen-bond donors (Lipinski definition) is 1. The topological polar surface area (TPSA) is 43.1 Å². The normalized spacial score (nSPS) is 10.4. The van der Waals surface area contributed by atoms with Crippen LogP contribution in [0.25, 0.3) is 10.4 Å². The molecule has 2 N–H and O–H groups in total. The van der Waals surface area contributed by atoms with Gasteiger partial charge in [0.2, 0.25) is 0 Å². The fourth-order valence-electron chi connectivity index (χ4n) is 1.35. The van der Waals surface area contributed by atoms with E-state index >= 15 is 0 Å². The molecule has 0 radical (unpaired) electrons. The third kappa shape index (κ3) is 1.81. The average molecular weight is 239 g/mol. The molecule has 0 amide bonds. The first-order valence-electron chi connectivity index (χ1n) is 4.41. The van der Waals surface area contributed by atoms with Crippen molar-refractivity contribution in [1.29, 1.82) is 0 Å². The van der Waals surface area contributed by atoms with Gasteiger partial charge in [-0.1, -0.05) is 0 Å². The van der Waals surface area contributed by atoms with E-state index in [1.165, 1.54) is 6.07 Å². The second-order valence-corrected chi connectivity index (χ2v) is 4.30. The summed E-state index contributed by atoms with van der Waals surface area (Å²) in [5.41, 5.74) is 5.66. The van der Waals surface area contributed by atoms with Crippen molar-refractivity contribution < 1.29 is 13.6 Å². The Bertz CT molecular complexity index is 551. The fourth-order valence-corrected chi connectivity index (χ4v) is 2.18. The number of benzene rings is 1. The second-order valence-electron chi connectivity index (χ2n) is 3.18. The molecule has 0 saturated heterocycles. The lowest BCUT2D eigenvalue weighted by atomic mass is 10.1. The highest BCUT2D eigenvalue weighted by Gasteiger charge is 2.13. The van der Waals surface area contributed by atoms with Gasteiger partial charge in [-0.05, 0) is 24.3 Å². The van der Waals surface area contributed by atoms with Crippen LogP contribution in [0.1, 0.15) is 9.67 Å². The molecular formula is C11H7F2NOS. The predicted octanol–water partition coefficient (Wildman–Crippen LogP) is 3.09. The van der Waals surface area contributed by atoms with Gasteiger partial charge in [-0.25, -0.2) is 8.78 Å². The van der Waals surface area contributed by atoms with E-state index in [1.807, 2.05) is 0 Å². The maximum atomic E-state index is 13.5. The molecule has 5 heteroatoms. The van der Waals surface area contributed by atoms with Crippen molar-refractivity contribution in [3.8, 4) is 10.4 Å². The number of carbonyl (C=O) groups excluding carboxylic acids is 1. The standard InChI is InChI=1S/C11H7F2NOS/c12-9-4-6(14)3-8(11(9)13)10-2-1-7(5-15)16-10/h1-5H,14H2. The van der Waals surface area contributed by atoms with Gasteiger partial charge in [0.15, 0.2) is 17.9 Å². The summed E-state index contributed by atoms with van der Waals surface area (Å²) in [4.78, 5) is 11.4. The monoisotopic (exact) mass is 239 g/mol. The van der Waals surface area contributed by atoms with E-state index in [0.717, 1.165) is 17.4 Å². The Morgan fingerprint density at radius 3 is 2.62 bits per heavy atom. The molecule has 0 spiro atoms. The molecular weight excluding hydrogens is 232 g/mol. The Labute approximate surface area is 94.3 Å². The zero-order chi connectivity index (χ0) is 11.7. The predicted molar refractivity (Wildman–Crippen MR) is 59.5 cm³/mol. The summed E-state index contributed by atoms with van der Waals surface area (Å²) in [7, 11) is 0. The van der Waals surface area contributed by atoms with Crippen LogP contribution in [0.3, 0.4) is 0 Å². The number of thiophene rings is 1. The van der Waals surface area contributed by atoms with Gasteiger partial charge < -0.3 is 5.73 Å². The lowest BCUT2D eigenvalue weighted by molar-refractivity contribution is 0.112. The molecule has 0 aliphatic rings. The largest absolute Gasteiger partial charge is 0.399 e. The minimum atomic E-state index is -0.990. The molecule has 0 unspecified atom stereocenters. The van der Waals surface area contributed by atoms with E-state index in [9.17, 15) is 13.6 Å². The van der Waals surface area contributed by atoms with E-state index < -0.39 is 11.6 Å². The number of hydrogen-bond acceptors (Lipinski definition) is 3. The van der Waals surface area contributed by atoms with Crippen LogP contribution in [-0.4, -0.2) is 6.29 Å². The van der Waals surface area contributed by atoms with Gasteiger partial charge in [0.1, 0.15) is 0 Å². The summed E-state index contributed by atoms with van der Waals surface area (Å²) < 4.78 is 26.6. The zero-order valence-corrected chi connectivity index (χ0v) is 8.85. The first kappa shape index (κ1) is 10.8. The Kier molecular flexibility index (Phi) is 2.70. The molecule has 0 fully saturated rings. The number of halogens is 2. The summed E-state index contributed by atoms with van der Waals surface area (Å²) in [6.07, 6.45) is 0.661. The molecule has 2 aromatic rings. The van der Waals surface area contributed by atoms with Gasteiger partial charge in [-0.2, -0.15) is 0 Å². The van der Waals surface area contributed by atoms with Crippen LogP contribution in [-0.2, 0) is 0 Å². The summed E-state index contributed by atoms with van der Waals surface area (Å²) in [5.74, 6) is -1.94. The highest BCUT2D eigenvalue weighted by Crippen LogP contribution is 2.32. The van der Waals surface area contributed by atoms with Gasteiger partial charge in [-0.3, -0.25) is 4.79 Å². The van der Waals surface area contributed by atoms with Crippen molar-refractivity contribution in [3.05, 3.63) is 40.8 Å². The number of aldehydes is 1. The molecule has 1 aromatic heterocycles. The van der Waals surface area contributed by atoms with Gasteiger partial charge in [0.25, 0.3) is 0 Å². The van der Waals surface area contributed by atoms with Gasteiger partial charge in [-0.15, -0.1) is 11.3 Å². The van der Waals surface area contributed by atoms with Crippen LogP contribution < -0.4 is 5.73 Å². The highest BCUT2D eigenvalue weighted by atomic mass is 32.1. The van der Waals surface area contributed by atoms with Crippen molar-refractivity contribution in [3.63, 3.8) is 0 Å². The first-order valence-corrected chi connectivity index (χ1v) is 5.23. The number of rotatable bonds is 2. The number of nitrogen functional groups attached to an aromatic ring is 1. The molecule has 0 bridgehead atoms. The second kappa shape index (κ2) is 4.02. The lowest BCUT2D eigenvalue weighted by Crippen LogP contribution is -1.93. The van der Waals surface area contributed by atoms with Crippen LogP contribution in [0.15, 0.2) is 24.3 Å². The number of carbonyl (C=O) groups is 1. The Balaban J connectivity index is 2.58. The molecule has 16 heavy (non-hydrogen) atoms. The van der Waals surface area contributed by atoms with Crippen LogP contribution in [0.2, 0.25) is 0 Å². The van der Waals surface area contributed by atoms with Gasteiger partial charge in [0, 0.05) is 16.1 Å². The number of nitrogens with two attached hydrogens (primary N) is 1. The molecule has 2 rings (SSSR count). The van der Waals surface area contributed by atoms with E-state index in [0.29, 0.717) is 16.0 Å². The molecule has 0 saturated carbocycles. The Hall–Kier alpha value is -1.75. The van der Waals surface area contributed by atoms with Crippen molar-refractivity contribution in [2.45, 2.75) is 0 Å². The van der Waals surface area contributed by atoms with Crippen LogP contribution in [0.5, 0.6) is 0 Å². The van der Waals surface area contributed by atoms with Gasteiger partial charge >= 0.3 is 0 Å². The number of anilines is 1. The molecule has 0 aliphatic carbocycles. The third-order valence-electron chi connectivity index (χ3n) is 2.06. The van der Waals surface area contributed by atoms with Crippen LogP contribution >= 0.6 is 11.3 Å². The molecule has 1 heterocycles. The SMILES string of the molecule is Nc1cc(F)c(F)c(-c2ccc(C=O)s2)c1. The summed E-state index contributed by atoms with van der Waals surface area (Å²) in [5, 5.41) is 0. The van der Waals surface area contributed by atoms with Crippen LogP contribution in [0, 0.1) is 11.6 Å².